The smallest absolute Gasteiger partial charge is 0.296 e. The number of furan rings is 1. The van der Waals surface area contributed by atoms with Crippen molar-refractivity contribution in [1.82, 2.24) is 0 Å². The molecule has 0 saturated heterocycles. The van der Waals surface area contributed by atoms with E-state index in [-0.39, 0.29) is 11.5 Å². The van der Waals surface area contributed by atoms with Crippen molar-refractivity contribution in [2.75, 3.05) is 6.61 Å². The molecule has 144 valence electrons. The summed E-state index contributed by atoms with van der Waals surface area (Å²) >= 11 is 0. The van der Waals surface area contributed by atoms with Crippen molar-refractivity contribution in [3.05, 3.63) is 53.5 Å². The highest BCUT2D eigenvalue weighted by Gasteiger charge is 2.14. The molecule has 26 heavy (non-hydrogen) atoms. The summed E-state index contributed by atoms with van der Waals surface area (Å²) < 4.78 is 34.7. The Labute approximate surface area is 157 Å². The molecule has 0 aliphatic rings. The Morgan fingerprint density at radius 2 is 1.42 bits per heavy atom. The molecule has 0 saturated carbocycles. The van der Waals surface area contributed by atoms with E-state index >= 15 is 0 Å². The molecule has 0 amide bonds. The van der Waals surface area contributed by atoms with Gasteiger partial charge in [-0.25, -0.2) is 0 Å². The number of hydrogen-bond acceptors (Lipinski definition) is 4. The Kier molecular flexibility index (Phi) is 8.39. The minimum absolute atomic E-state index is 0.231. The van der Waals surface area contributed by atoms with Crippen molar-refractivity contribution in [3.8, 4) is 0 Å². The van der Waals surface area contributed by atoms with Crippen molar-refractivity contribution >= 4 is 10.1 Å². The largest absolute Gasteiger partial charge is 0.466 e. The molecule has 0 spiro atoms. The standard InChI is InChI=1S/C21H30O4S/c1-18-11-15-21(16-12-18)26(22,23)24-17-9-7-5-3-4-6-8-10-20-14-13-19(2)25-20/h11-16H,3-10,17H2,1-2H3. The average molecular weight is 379 g/mol. The summed E-state index contributed by atoms with van der Waals surface area (Å²) in [5, 5.41) is 0. The summed E-state index contributed by atoms with van der Waals surface area (Å²) in [7, 11) is -3.62. The van der Waals surface area contributed by atoms with Crippen LogP contribution in [0.25, 0.3) is 0 Å². The molecule has 1 aromatic heterocycles. The lowest BCUT2D eigenvalue weighted by Crippen LogP contribution is -2.07. The second kappa shape index (κ2) is 10.5. The third-order valence-electron chi connectivity index (χ3n) is 4.41. The van der Waals surface area contributed by atoms with E-state index in [2.05, 4.69) is 6.07 Å². The Bertz CT molecular complexity index is 745. The molecule has 0 N–H and O–H groups in total. The van der Waals surface area contributed by atoms with Crippen molar-refractivity contribution in [2.45, 2.75) is 70.1 Å². The molecule has 0 bridgehead atoms. The van der Waals surface area contributed by atoms with Gasteiger partial charge in [-0.2, -0.15) is 8.42 Å². The van der Waals surface area contributed by atoms with Gasteiger partial charge in [-0.1, -0.05) is 49.8 Å². The van der Waals surface area contributed by atoms with Gasteiger partial charge in [0.25, 0.3) is 10.1 Å². The number of aryl methyl sites for hydroxylation is 3. The fourth-order valence-corrected chi connectivity index (χ4v) is 3.79. The number of unbranched alkanes of at least 4 members (excludes halogenated alkanes) is 6. The van der Waals surface area contributed by atoms with E-state index in [0.717, 1.165) is 49.2 Å². The van der Waals surface area contributed by atoms with Gasteiger partial charge >= 0.3 is 0 Å². The molecule has 0 atom stereocenters. The molecule has 0 radical (unpaired) electrons. The van der Waals surface area contributed by atoms with Crippen LogP contribution in [-0.4, -0.2) is 15.0 Å². The van der Waals surface area contributed by atoms with Crippen LogP contribution >= 0.6 is 0 Å². The maximum atomic E-state index is 12.0. The predicted molar refractivity (Wildman–Crippen MR) is 104 cm³/mol. The van der Waals surface area contributed by atoms with Crippen LogP contribution in [0.1, 0.15) is 62.0 Å². The summed E-state index contributed by atoms with van der Waals surface area (Å²) in [6.07, 6.45) is 8.66. The molecule has 2 aromatic rings. The summed E-state index contributed by atoms with van der Waals surface area (Å²) in [4.78, 5) is 0.231. The number of hydrogen-bond donors (Lipinski definition) is 0. The molecule has 1 heterocycles. The second-order valence-electron chi connectivity index (χ2n) is 6.83. The van der Waals surface area contributed by atoms with Crippen molar-refractivity contribution < 1.29 is 17.0 Å². The molecular weight excluding hydrogens is 348 g/mol. The topological polar surface area (TPSA) is 56.5 Å². The normalized spacial score (nSPS) is 11.8. The van der Waals surface area contributed by atoms with Crippen LogP contribution < -0.4 is 0 Å². The van der Waals surface area contributed by atoms with Crippen LogP contribution in [0, 0.1) is 13.8 Å². The first-order chi connectivity index (χ1) is 12.5. The highest BCUT2D eigenvalue weighted by atomic mass is 32.2. The Balaban J connectivity index is 1.48. The van der Waals surface area contributed by atoms with Crippen molar-refractivity contribution in [3.63, 3.8) is 0 Å². The van der Waals surface area contributed by atoms with Gasteiger partial charge in [0, 0.05) is 6.42 Å². The van der Waals surface area contributed by atoms with Crippen LogP contribution in [0.15, 0.2) is 45.7 Å². The lowest BCUT2D eigenvalue weighted by atomic mass is 10.1. The SMILES string of the molecule is Cc1ccc(S(=O)(=O)OCCCCCCCCCc2ccc(C)o2)cc1. The van der Waals surface area contributed by atoms with E-state index in [0.29, 0.717) is 0 Å². The Morgan fingerprint density at radius 3 is 2.04 bits per heavy atom. The van der Waals surface area contributed by atoms with E-state index < -0.39 is 10.1 Å². The minimum Gasteiger partial charge on any atom is -0.466 e. The van der Waals surface area contributed by atoms with Crippen molar-refractivity contribution in [2.24, 2.45) is 0 Å². The quantitative estimate of drug-likeness (QED) is 0.357. The molecular formula is C21H30O4S. The average Bonchev–Trinajstić information content (AvgIpc) is 3.02. The number of benzene rings is 1. The fourth-order valence-electron chi connectivity index (χ4n) is 2.85. The van der Waals surface area contributed by atoms with Gasteiger partial charge in [-0.15, -0.1) is 0 Å². The molecule has 0 fully saturated rings. The first kappa shape index (κ1) is 20.7. The lowest BCUT2D eigenvalue weighted by molar-refractivity contribution is 0.306. The fraction of sp³-hybridized carbons (Fsp3) is 0.524. The molecule has 0 unspecified atom stereocenters. The van der Waals surface area contributed by atoms with Crippen molar-refractivity contribution in [1.29, 1.82) is 0 Å². The van der Waals surface area contributed by atoms with E-state index in [1.54, 1.807) is 24.3 Å². The van der Waals surface area contributed by atoms with Gasteiger partial charge in [0.05, 0.1) is 11.5 Å². The van der Waals surface area contributed by atoms with Gasteiger partial charge in [-0.3, -0.25) is 4.18 Å². The van der Waals surface area contributed by atoms with Gasteiger partial charge in [-0.05, 0) is 51.0 Å². The summed E-state index contributed by atoms with van der Waals surface area (Å²) in [6.45, 7) is 4.16. The van der Waals surface area contributed by atoms with Crippen LogP contribution in [0.2, 0.25) is 0 Å². The maximum Gasteiger partial charge on any atom is 0.296 e. The second-order valence-corrected chi connectivity index (χ2v) is 8.44. The molecule has 2 rings (SSSR count). The van der Waals surface area contributed by atoms with Crippen LogP contribution in [-0.2, 0) is 20.7 Å². The Morgan fingerprint density at radius 1 is 0.808 bits per heavy atom. The molecule has 1 aromatic carbocycles. The van der Waals surface area contributed by atoms with E-state index in [1.807, 2.05) is 19.9 Å². The van der Waals surface area contributed by atoms with Gasteiger partial charge in [0.1, 0.15) is 11.5 Å². The summed E-state index contributed by atoms with van der Waals surface area (Å²) in [5.41, 5.74) is 1.03. The molecule has 4 nitrogen and oxygen atoms in total. The van der Waals surface area contributed by atoms with E-state index in [1.165, 1.54) is 19.3 Å². The zero-order valence-corrected chi connectivity index (χ0v) is 16.7. The van der Waals surface area contributed by atoms with Gasteiger partial charge < -0.3 is 4.42 Å². The van der Waals surface area contributed by atoms with E-state index in [9.17, 15) is 8.42 Å². The van der Waals surface area contributed by atoms with Gasteiger partial charge in [0.15, 0.2) is 0 Å². The van der Waals surface area contributed by atoms with E-state index in [4.69, 9.17) is 8.60 Å². The van der Waals surface area contributed by atoms with Gasteiger partial charge in [0.2, 0.25) is 0 Å². The lowest BCUT2D eigenvalue weighted by Gasteiger charge is -2.06. The maximum absolute atomic E-state index is 12.0. The van der Waals surface area contributed by atoms with Crippen LogP contribution in [0.5, 0.6) is 0 Å². The minimum atomic E-state index is -3.62. The summed E-state index contributed by atoms with van der Waals surface area (Å²) in [5.74, 6) is 2.06. The predicted octanol–water partition coefficient (Wildman–Crippen LogP) is 5.58. The highest BCUT2D eigenvalue weighted by molar-refractivity contribution is 7.86. The highest BCUT2D eigenvalue weighted by Crippen LogP contribution is 2.15. The first-order valence-corrected chi connectivity index (χ1v) is 10.9. The molecule has 0 aliphatic heterocycles. The molecule has 5 heteroatoms. The zero-order chi connectivity index (χ0) is 18.8. The Hall–Kier alpha value is -1.59. The number of rotatable bonds is 12. The molecule has 0 aliphatic carbocycles. The monoisotopic (exact) mass is 378 g/mol. The summed E-state index contributed by atoms with van der Waals surface area (Å²) in [6, 6.07) is 10.8. The van der Waals surface area contributed by atoms with Crippen LogP contribution in [0.3, 0.4) is 0 Å². The third kappa shape index (κ3) is 7.34. The zero-order valence-electron chi connectivity index (χ0n) is 15.9. The van der Waals surface area contributed by atoms with Crippen LogP contribution in [0.4, 0.5) is 0 Å². The first-order valence-electron chi connectivity index (χ1n) is 9.49. The third-order valence-corrected chi connectivity index (χ3v) is 5.74.